The fourth-order valence-corrected chi connectivity index (χ4v) is 1.16. The van der Waals surface area contributed by atoms with E-state index in [-0.39, 0.29) is 11.4 Å². The molecule has 1 rings (SSSR count). The van der Waals surface area contributed by atoms with Crippen LogP contribution in [0.4, 0.5) is 13.2 Å². The third kappa shape index (κ3) is 3.38. The van der Waals surface area contributed by atoms with Gasteiger partial charge < -0.3 is 15.2 Å². The van der Waals surface area contributed by atoms with Crippen molar-refractivity contribution in [2.45, 2.75) is 6.36 Å². The highest BCUT2D eigenvalue weighted by molar-refractivity contribution is 6.31. The van der Waals surface area contributed by atoms with Gasteiger partial charge in [0.25, 0.3) is 5.91 Å². The standard InChI is InChI=1S/C8H6ClF3N2O3/c1-16-7-3(6(13)15)2-4(5(9)14-7)17-8(10,11)12/h2H,1H3,(H2,13,15). The van der Waals surface area contributed by atoms with Crippen molar-refractivity contribution in [3.05, 3.63) is 16.8 Å². The fraction of sp³-hybridized carbons (Fsp3) is 0.250. The van der Waals surface area contributed by atoms with Crippen molar-refractivity contribution in [1.29, 1.82) is 0 Å². The lowest BCUT2D eigenvalue weighted by molar-refractivity contribution is -0.274. The smallest absolute Gasteiger partial charge is 0.480 e. The topological polar surface area (TPSA) is 74.4 Å². The number of hydrogen-bond acceptors (Lipinski definition) is 4. The van der Waals surface area contributed by atoms with E-state index in [1.165, 1.54) is 0 Å². The maximum atomic E-state index is 12.0. The van der Waals surface area contributed by atoms with Gasteiger partial charge in [0, 0.05) is 6.07 Å². The molecule has 9 heteroatoms. The number of pyridine rings is 1. The summed E-state index contributed by atoms with van der Waals surface area (Å²) in [6.45, 7) is 0. The Morgan fingerprint density at radius 2 is 2.12 bits per heavy atom. The summed E-state index contributed by atoms with van der Waals surface area (Å²) in [4.78, 5) is 14.3. The van der Waals surface area contributed by atoms with Crippen LogP contribution in [0.25, 0.3) is 0 Å². The first-order valence-electron chi connectivity index (χ1n) is 4.04. The number of carbonyl (C=O) groups excluding carboxylic acids is 1. The van der Waals surface area contributed by atoms with Crippen molar-refractivity contribution in [1.82, 2.24) is 4.98 Å². The second-order valence-corrected chi connectivity index (χ2v) is 3.10. The molecule has 0 aromatic carbocycles. The largest absolute Gasteiger partial charge is 0.573 e. The first-order chi connectivity index (χ1) is 7.74. The molecule has 1 aromatic heterocycles. The van der Waals surface area contributed by atoms with Gasteiger partial charge in [-0.15, -0.1) is 13.2 Å². The number of amides is 1. The van der Waals surface area contributed by atoms with Crippen molar-refractivity contribution in [3.63, 3.8) is 0 Å². The van der Waals surface area contributed by atoms with Crippen molar-refractivity contribution in [2.24, 2.45) is 5.73 Å². The molecule has 0 atom stereocenters. The van der Waals surface area contributed by atoms with Crippen LogP contribution in [0, 0.1) is 0 Å². The van der Waals surface area contributed by atoms with E-state index < -0.39 is 23.2 Å². The van der Waals surface area contributed by atoms with Crippen LogP contribution >= 0.6 is 11.6 Å². The molecule has 0 saturated heterocycles. The van der Waals surface area contributed by atoms with Gasteiger partial charge in [-0.3, -0.25) is 4.79 Å². The number of hydrogen-bond donors (Lipinski definition) is 1. The Balaban J connectivity index is 3.25. The second-order valence-electron chi connectivity index (χ2n) is 2.75. The molecule has 2 N–H and O–H groups in total. The molecule has 17 heavy (non-hydrogen) atoms. The third-order valence-corrected chi connectivity index (χ3v) is 1.86. The Hall–Kier alpha value is -1.70. The van der Waals surface area contributed by atoms with Crippen LogP contribution in [0.15, 0.2) is 6.07 Å². The summed E-state index contributed by atoms with van der Waals surface area (Å²) in [5, 5.41) is -0.593. The molecule has 0 unspecified atom stereocenters. The number of primary amides is 1. The average Bonchev–Trinajstić information content (AvgIpc) is 2.18. The lowest BCUT2D eigenvalue weighted by Crippen LogP contribution is -2.19. The Labute approximate surface area is 98.3 Å². The van der Waals surface area contributed by atoms with E-state index in [0.717, 1.165) is 7.11 Å². The molecule has 0 bridgehead atoms. The summed E-state index contributed by atoms with van der Waals surface area (Å²) in [6.07, 6.45) is -4.95. The summed E-state index contributed by atoms with van der Waals surface area (Å²) in [7, 11) is 1.16. The zero-order valence-corrected chi connectivity index (χ0v) is 9.09. The summed E-state index contributed by atoms with van der Waals surface area (Å²) >= 11 is 5.42. The Kier molecular flexibility index (Phi) is 3.66. The molecule has 0 aliphatic rings. The maximum Gasteiger partial charge on any atom is 0.573 e. The molecule has 1 aromatic rings. The van der Waals surface area contributed by atoms with Gasteiger partial charge in [-0.25, -0.2) is 0 Å². The molecule has 94 valence electrons. The van der Waals surface area contributed by atoms with Crippen molar-refractivity contribution in [3.8, 4) is 11.6 Å². The lowest BCUT2D eigenvalue weighted by atomic mass is 10.2. The SMILES string of the molecule is COc1nc(Cl)c(OC(F)(F)F)cc1C(N)=O. The number of methoxy groups -OCH3 is 1. The van der Waals surface area contributed by atoms with E-state index in [0.29, 0.717) is 6.07 Å². The number of aromatic nitrogens is 1. The Morgan fingerprint density at radius 1 is 1.53 bits per heavy atom. The lowest BCUT2D eigenvalue weighted by Gasteiger charge is -2.12. The molecule has 1 heterocycles. The minimum Gasteiger partial charge on any atom is -0.480 e. The zero-order valence-electron chi connectivity index (χ0n) is 8.34. The van der Waals surface area contributed by atoms with Gasteiger partial charge in [-0.1, -0.05) is 11.6 Å². The molecule has 0 aliphatic carbocycles. The van der Waals surface area contributed by atoms with E-state index in [2.05, 4.69) is 14.5 Å². The summed E-state index contributed by atoms with van der Waals surface area (Å²) < 4.78 is 44.1. The van der Waals surface area contributed by atoms with Gasteiger partial charge in [0.1, 0.15) is 5.56 Å². The minimum atomic E-state index is -4.95. The molecule has 1 amide bonds. The number of nitrogens with zero attached hydrogens (tertiary/aromatic N) is 1. The van der Waals surface area contributed by atoms with Crippen LogP contribution in [-0.2, 0) is 0 Å². The summed E-state index contributed by atoms with van der Waals surface area (Å²) in [6, 6.07) is 0.712. The zero-order chi connectivity index (χ0) is 13.2. The fourth-order valence-electron chi connectivity index (χ4n) is 0.985. The van der Waals surface area contributed by atoms with Crippen molar-refractivity contribution < 1.29 is 27.4 Å². The molecule has 0 fully saturated rings. The molecule has 0 spiro atoms. The number of rotatable bonds is 3. The van der Waals surface area contributed by atoms with Gasteiger partial charge in [-0.2, -0.15) is 4.98 Å². The second kappa shape index (κ2) is 4.66. The number of carbonyl (C=O) groups is 1. The van der Waals surface area contributed by atoms with E-state index in [9.17, 15) is 18.0 Å². The molecule has 0 aliphatic heterocycles. The van der Waals surface area contributed by atoms with Gasteiger partial charge in [0.05, 0.1) is 7.11 Å². The van der Waals surface area contributed by atoms with Crippen LogP contribution in [0.5, 0.6) is 11.6 Å². The molecule has 0 radical (unpaired) electrons. The van der Waals surface area contributed by atoms with Gasteiger partial charge >= 0.3 is 6.36 Å². The van der Waals surface area contributed by atoms with Crippen molar-refractivity contribution >= 4 is 17.5 Å². The summed E-state index contributed by atoms with van der Waals surface area (Å²) in [5.74, 6) is -2.12. The predicted molar refractivity (Wildman–Crippen MR) is 51.0 cm³/mol. The molecular formula is C8H6ClF3N2O3. The highest BCUT2D eigenvalue weighted by Crippen LogP contribution is 2.32. The third-order valence-electron chi connectivity index (χ3n) is 1.59. The average molecular weight is 271 g/mol. The van der Waals surface area contributed by atoms with E-state index in [1.807, 2.05) is 0 Å². The van der Waals surface area contributed by atoms with Crippen LogP contribution in [0.2, 0.25) is 5.15 Å². The van der Waals surface area contributed by atoms with Gasteiger partial charge in [0.2, 0.25) is 5.88 Å². The van der Waals surface area contributed by atoms with E-state index in [4.69, 9.17) is 17.3 Å². The first-order valence-corrected chi connectivity index (χ1v) is 4.42. The van der Waals surface area contributed by atoms with Gasteiger partial charge in [0.15, 0.2) is 10.9 Å². The summed E-state index contributed by atoms with van der Waals surface area (Å²) in [5.41, 5.74) is 4.57. The van der Waals surface area contributed by atoms with Crippen LogP contribution < -0.4 is 15.2 Å². The molecule has 5 nitrogen and oxygen atoms in total. The number of ether oxygens (including phenoxy) is 2. The minimum absolute atomic E-state index is 0.281. The highest BCUT2D eigenvalue weighted by Gasteiger charge is 2.33. The maximum absolute atomic E-state index is 12.0. The highest BCUT2D eigenvalue weighted by atomic mass is 35.5. The number of nitrogens with two attached hydrogens (primary N) is 1. The van der Waals surface area contributed by atoms with Crippen LogP contribution in [0.1, 0.15) is 10.4 Å². The van der Waals surface area contributed by atoms with Crippen LogP contribution in [-0.4, -0.2) is 24.4 Å². The van der Waals surface area contributed by atoms with Gasteiger partial charge in [-0.05, 0) is 0 Å². The predicted octanol–water partition coefficient (Wildman–Crippen LogP) is 1.74. The van der Waals surface area contributed by atoms with E-state index in [1.54, 1.807) is 0 Å². The Morgan fingerprint density at radius 3 is 2.53 bits per heavy atom. The monoisotopic (exact) mass is 270 g/mol. The van der Waals surface area contributed by atoms with E-state index >= 15 is 0 Å². The quantitative estimate of drug-likeness (QED) is 0.849. The number of alkyl halides is 3. The molecular weight excluding hydrogens is 265 g/mol. The Bertz CT molecular complexity index is 450. The molecule has 0 saturated carbocycles. The normalized spacial score (nSPS) is 11.1. The van der Waals surface area contributed by atoms with Crippen molar-refractivity contribution in [2.75, 3.05) is 7.11 Å². The van der Waals surface area contributed by atoms with Crippen LogP contribution in [0.3, 0.4) is 0 Å². The number of halogens is 4. The first kappa shape index (κ1) is 13.4.